The van der Waals surface area contributed by atoms with Crippen molar-refractivity contribution >= 4 is 18.5 Å². The average molecular weight is 425 g/mol. The summed E-state index contributed by atoms with van der Waals surface area (Å²) in [5.74, 6) is 1.89. The van der Waals surface area contributed by atoms with Crippen LogP contribution in [0.15, 0.2) is 18.3 Å². The molecule has 3 rings (SSSR count). The fraction of sp³-hybridized carbons (Fsp3) is 0.714. The van der Waals surface area contributed by atoms with Gasteiger partial charge in [0.25, 0.3) is 5.91 Å². The van der Waals surface area contributed by atoms with Crippen molar-refractivity contribution in [1.82, 2.24) is 9.88 Å². The van der Waals surface area contributed by atoms with Crippen molar-refractivity contribution in [2.75, 3.05) is 33.5 Å². The predicted octanol–water partition coefficient (Wildman–Crippen LogP) is 2.69. The first-order chi connectivity index (χ1) is 14.0. The molecule has 0 bridgehead atoms. The van der Waals surface area contributed by atoms with Crippen molar-refractivity contribution in [3.63, 3.8) is 0 Å². The van der Waals surface area contributed by atoms with Crippen LogP contribution in [0.4, 0.5) is 0 Å². The van der Waals surface area contributed by atoms with E-state index in [9.17, 15) is 4.79 Å². The topological polar surface area (TPSA) is 70.1 Å². The Hall–Kier alpha value is -1.35. The highest BCUT2D eigenvalue weighted by Gasteiger charge is 2.61. The van der Waals surface area contributed by atoms with E-state index in [1.165, 1.54) is 20.0 Å². The number of amides is 1. The van der Waals surface area contributed by atoms with E-state index in [0.717, 1.165) is 30.2 Å². The molecule has 162 valence electrons. The van der Waals surface area contributed by atoms with Gasteiger partial charge in [-0.15, -0.1) is 0 Å². The quantitative estimate of drug-likeness (QED) is 0.354. The first-order valence-corrected chi connectivity index (χ1v) is 10.8. The SMILES string of the molecule is COCO[C@@]1(Cc2cc(OC3CCC(C)CC3)ccn2)C(=O)N(COC)[C@H]1CS. The lowest BCUT2D eigenvalue weighted by Crippen LogP contribution is -2.76. The largest absolute Gasteiger partial charge is 0.490 e. The maximum absolute atomic E-state index is 13.0. The lowest BCUT2D eigenvalue weighted by Gasteiger charge is -2.54. The van der Waals surface area contributed by atoms with Crippen molar-refractivity contribution in [1.29, 1.82) is 0 Å². The van der Waals surface area contributed by atoms with Crippen molar-refractivity contribution in [3.8, 4) is 5.75 Å². The molecule has 1 aromatic heterocycles. The summed E-state index contributed by atoms with van der Waals surface area (Å²) in [4.78, 5) is 19.1. The summed E-state index contributed by atoms with van der Waals surface area (Å²) in [6, 6.07) is 3.57. The van der Waals surface area contributed by atoms with Crippen LogP contribution in [0.1, 0.15) is 38.3 Å². The summed E-state index contributed by atoms with van der Waals surface area (Å²) in [6.45, 7) is 2.52. The van der Waals surface area contributed by atoms with Gasteiger partial charge >= 0.3 is 0 Å². The molecule has 0 aromatic carbocycles. The van der Waals surface area contributed by atoms with Crippen LogP contribution in [0.3, 0.4) is 0 Å². The molecule has 1 saturated carbocycles. The second kappa shape index (κ2) is 10.1. The Bertz CT molecular complexity index is 683. The van der Waals surface area contributed by atoms with Gasteiger partial charge in [0, 0.05) is 44.4 Å². The smallest absolute Gasteiger partial charge is 0.259 e. The molecule has 1 aromatic rings. The van der Waals surface area contributed by atoms with Crippen LogP contribution >= 0.6 is 12.6 Å². The van der Waals surface area contributed by atoms with E-state index in [0.29, 0.717) is 12.2 Å². The number of nitrogens with zero attached hydrogens (tertiary/aromatic N) is 2. The molecule has 1 saturated heterocycles. The molecule has 0 radical (unpaired) electrons. The minimum absolute atomic E-state index is 0.0211. The minimum Gasteiger partial charge on any atom is -0.490 e. The molecular weight excluding hydrogens is 392 g/mol. The third kappa shape index (κ3) is 4.87. The number of methoxy groups -OCH3 is 2. The fourth-order valence-electron chi connectivity index (χ4n) is 4.25. The zero-order valence-electron chi connectivity index (χ0n) is 17.5. The fourth-order valence-corrected chi connectivity index (χ4v) is 4.74. The van der Waals surface area contributed by atoms with E-state index in [4.69, 9.17) is 18.9 Å². The molecule has 2 fully saturated rings. The molecule has 0 N–H and O–H groups in total. The Labute approximate surface area is 178 Å². The third-order valence-electron chi connectivity index (χ3n) is 5.91. The molecule has 1 amide bonds. The molecule has 0 spiro atoms. The first kappa shape index (κ1) is 22.3. The summed E-state index contributed by atoms with van der Waals surface area (Å²) in [5.41, 5.74) is -0.303. The number of likely N-dealkylation sites (tertiary alicyclic amines) is 1. The number of carbonyl (C=O) groups excluding carboxylic acids is 1. The maximum Gasteiger partial charge on any atom is 0.259 e. The highest BCUT2D eigenvalue weighted by atomic mass is 32.1. The van der Waals surface area contributed by atoms with Gasteiger partial charge in [0.05, 0.1) is 12.1 Å². The number of thiol groups is 1. The molecule has 29 heavy (non-hydrogen) atoms. The molecule has 1 aliphatic carbocycles. The zero-order chi connectivity index (χ0) is 20.9. The molecule has 2 heterocycles. The molecular formula is C21H32N2O5S. The van der Waals surface area contributed by atoms with Crippen LogP contribution in [0.5, 0.6) is 5.75 Å². The molecule has 7 nitrogen and oxygen atoms in total. The lowest BCUT2D eigenvalue weighted by atomic mass is 9.79. The standard InChI is InChI=1S/C21H32N2O5S/c1-15-4-6-17(7-5-15)28-18-8-9-22-16(10-18)11-21(27-14-26-3)19(12-29)23(13-25-2)20(21)24/h8-10,15,17,19,29H,4-7,11-14H2,1-3H3/t15?,17?,19-,21+/m0/s1. The van der Waals surface area contributed by atoms with Crippen LogP contribution in [-0.4, -0.2) is 67.0 Å². The highest BCUT2D eigenvalue weighted by molar-refractivity contribution is 7.80. The van der Waals surface area contributed by atoms with Gasteiger partial charge < -0.3 is 23.8 Å². The third-order valence-corrected chi connectivity index (χ3v) is 6.26. The van der Waals surface area contributed by atoms with Crippen LogP contribution < -0.4 is 4.74 Å². The molecule has 1 aliphatic heterocycles. The van der Waals surface area contributed by atoms with E-state index in [-0.39, 0.29) is 31.6 Å². The monoisotopic (exact) mass is 424 g/mol. The second-order valence-corrected chi connectivity index (χ2v) is 8.36. The summed E-state index contributed by atoms with van der Waals surface area (Å²) >= 11 is 4.44. The van der Waals surface area contributed by atoms with Gasteiger partial charge in [0.2, 0.25) is 0 Å². The van der Waals surface area contributed by atoms with Crippen molar-refractivity contribution in [2.45, 2.75) is 56.8 Å². The summed E-state index contributed by atoms with van der Waals surface area (Å²) in [7, 11) is 3.10. The Kier molecular flexibility index (Phi) is 7.79. The maximum atomic E-state index is 13.0. The Morgan fingerprint density at radius 2 is 2.00 bits per heavy atom. The predicted molar refractivity (Wildman–Crippen MR) is 112 cm³/mol. The Balaban J connectivity index is 1.74. The van der Waals surface area contributed by atoms with Crippen LogP contribution in [0.25, 0.3) is 0 Å². The minimum atomic E-state index is -1.05. The number of aromatic nitrogens is 1. The van der Waals surface area contributed by atoms with Gasteiger partial charge in [-0.05, 0) is 37.7 Å². The number of pyridine rings is 1. The van der Waals surface area contributed by atoms with Gasteiger partial charge in [-0.1, -0.05) is 6.92 Å². The van der Waals surface area contributed by atoms with Gasteiger partial charge in [-0.25, -0.2) is 0 Å². The van der Waals surface area contributed by atoms with E-state index in [2.05, 4.69) is 24.5 Å². The van der Waals surface area contributed by atoms with E-state index < -0.39 is 5.60 Å². The number of hydrogen-bond donors (Lipinski definition) is 1. The van der Waals surface area contributed by atoms with Gasteiger partial charge in [0.1, 0.15) is 19.3 Å². The molecule has 8 heteroatoms. The zero-order valence-corrected chi connectivity index (χ0v) is 18.4. The van der Waals surface area contributed by atoms with E-state index in [1.54, 1.807) is 18.2 Å². The second-order valence-electron chi connectivity index (χ2n) is 7.99. The number of hydrogen-bond acceptors (Lipinski definition) is 7. The molecule has 0 unspecified atom stereocenters. The van der Waals surface area contributed by atoms with Crippen LogP contribution in [0, 0.1) is 5.92 Å². The normalized spacial score (nSPS) is 29.6. The first-order valence-electron chi connectivity index (χ1n) is 10.2. The van der Waals surface area contributed by atoms with Gasteiger partial charge in [-0.2, -0.15) is 12.6 Å². The number of rotatable bonds is 10. The average Bonchev–Trinajstić information content (AvgIpc) is 2.73. The number of β-lactam (4-membered cyclic amide) rings is 1. The summed E-state index contributed by atoms with van der Waals surface area (Å²) < 4.78 is 22.4. The Morgan fingerprint density at radius 1 is 1.24 bits per heavy atom. The van der Waals surface area contributed by atoms with Crippen molar-refractivity contribution < 1.29 is 23.7 Å². The molecule has 2 atom stereocenters. The summed E-state index contributed by atoms with van der Waals surface area (Å²) in [6.07, 6.45) is 6.85. The van der Waals surface area contributed by atoms with E-state index >= 15 is 0 Å². The van der Waals surface area contributed by atoms with Crippen molar-refractivity contribution in [2.24, 2.45) is 5.92 Å². The van der Waals surface area contributed by atoms with Crippen LogP contribution in [-0.2, 0) is 25.4 Å². The van der Waals surface area contributed by atoms with Gasteiger partial charge in [-0.3, -0.25) is 9.78 Å². The number of ether oxygens (including phenoxy) is 4. The lowest BCUT2D eigenvalue weighted by molar-refractivity contribution is -0.229. The van der Waals surface area contributed by atoms with Crippen molar-refractivity contribution in [3.05, 3.63) is 24.0 Å². The summed E-state index contributed by atoms with van der Waals surface area (Å²) in [5, 5.41) is 0. The molecule has 2 aliphatic rings. The number of carbonyl (C=O) groups is 1. The Morgan fingerprint density at radius 3 is 2.66 bits per heavy atom. The van der Waals surface area contributed by atoms with Gasteiger partial charge in [0.15, 0.2) is 5.60 Å². The highest BCUT2D eigenvalue weighted by Crippen LogP contribution is 2.38. The van der Waals surface area contributed by atoms with E-state index in [1.807, 2.05) is 12.1 Å². The van der Waals surface area contributed by atoms with Crippen LogP contribution in [0.2, 0.25) is 0 Å².